The van der Waals surface area contributed by atoms with Gasteiger partial charge >= 0.3 is 0 Å². The van der Waals surface area contributed by atoms with Crippen molar-refractivity contribution in [2.24, 2.45) is 11.8 Å². The minimum Gasteiger partial charge on any atom is -0.313 e. The summed E-state index contributed by atoms with van der Waals surface area (Å²) in [7, 11) is 0. The van der Waals surface area contributed by atoms with Gasteiger partial charge in [-0.15, -0.1) is 0 Å². The first-order valence-electron chi connectivity index (χ1n) is 16.4. The zero-order valence-electron chi connectivity index (χ0n) is 26.1. The number of nitrogens with zero attached hydrogens (tertiary/aromatic N) is 1. The summed E-state index contributed by atoms with van der Waals surface area (Å²) in [5.41, 5.74) is 14.6. The zero-order valence-corrected chi connectivity index (χ0v) is 26.1. The molecule has 1 nitrogen and oxygen atoms in total. The van der Waals surface area contributed by atoms with Crippen LogP contribution in [0.2, 0.25) is 0 Å². The largest absolute Gasteiger partial charge is 0.313 e. The summed E-state index contributed by atoms with van der Waals surface area (Å²) < 4.78 is 0. The lowest BCUT2D eigenvalue weighted by atomic mass is 9.70. The number of hydrogen-bond acceptors (Lipinski definition) is 1. The fraction of sp³-hybridized carbons (Fsp3) is 0.111. The molecular formula is C45H37N. The van der Waals surface area contributed by atoms with Crippen LogP contribution in [0.15, 0.2) is 198 Å². The molecule has 1 heteroatoms. The molecule has 46 heavy (non-hydrogen) atoms. The maximum atomic E-state index is 2.46. The number of para-hydroxylation sites is 2. The predicted octanol–water partition coefficient (Wildman–Crippen LogP) is 11.7. The second-order valence-electron chi connectivity index (χ2n) is 12.4. The van der Waals surface area contributed by atoms with Crippen LogP contribution in [-0.4, -0.2) is 0 Å². The van der Waals surface area contributed by atoms with Crippen LogP contribution in [0.25, 0.3) is 17.2 Å². The van der Waals surface area contributed by atoms with Gasteiger partial charge in [0.05, 0.1) is 0 Å². The third-order valence-corrected chi connectivity index (χ3v) is 9.74. The molecule has 222 valence electrons. The SMILES string of the molecule is C/C=C\C1=CC(C2=CC=C3C(C2)c2ccccc2N3c2ccccc2)=C2C=CC=CC2C1/C=C\c1ccc(-c2ccccc2)cc1. The van der Waals surface area contributed by atoms with Crippen molar-refractivity contribution in [2.75, 3.05) is 4.90 Å². The number of rotatable bonds is 6. The average molecular weight is 592 g/mol. The Hall–Kier alpha value is -5.40. The molecule has 0 bridgehead atoms. The summed E-state index contributed by atoms with van der Waals surface area (Å²) in [6.07, 6.45) is 26.6. The molecule has 4 aromatic rings. The smallest absolute Gasteiger partial charge is 0.0497 e. The van der Waals surface area contributed by atoms with E-state index in [1.165, 1.54) is 61.6 Å². The van der Waals surface area contributed by atoms with E-state index in [1.54, 1.807) is 0 Å². The highest BCUT2D eigenvalue weighted by molar-refractivity contribution is 5.79. The van der Waals surface area contributed by atoms with Crippen molar-refractivity contribution in [3.8, 4) is 11.1 Å². The minimum atomic E-state index is 0.265. The Morgan fingerprint density at radius 3 is 2.26 bits per heavy atom. The molecule has 0 amide bonds. The van der Waals surface area contributed by atoms with Crippen LogP contribution in [0.1, 0.15) is 30.4 Å². The van der Waals surface area contributed by atoms with Crippen LogP contribution in [0.4, 0.5) is 11.4 Å². The lowest BCUT2D eigenvalue weighted by Gasteiger charge is -2.34. The molecule has 0 fully saturated rings. The zero-order chi connectivity index (χ0) is 30.9. The van der Waals surface area contributed by atoms with Crippen LogP contribution in [-0.2, 0) is 0 Å². The summed E-state index contributed by atoms with van der Waals surface area (Å²) in [6, 6.07) is 39.2. The lowest BCUT2D eigenvalue weighted by molar-refractivity contribution is 0.612. The van der Waals surface area contributed by atoms with Gasteiger partial charge < -0.3 is 4.90 Å². The molecule has 8 rings (SSSR count). The highest BCUT2D eigenvalue weighted by atomic mass is 15.2. The first-order chi connectivity index (χ1) is 22.8. The second kappa shape index (κ2) is 12.2. The first kappa shape index (κ1) is 28.1. The van der Waals surface area contributed by atoms with Gasteiger partial charge in [-0.1, -0.05) is 152 Å². The lowest BCUT2D eigenvalue weighted by Crippen LogP contribution is -2.22. The van der Waals surface area contributed by atoms with E-state index in [0.29, 0.717) is 11.8 Å². The third-order valence-electron chi connectivity index (χ3n) is 9.74. The molecule has 1 aliphatic heterocycles. The minimum absolute atomic E-state index is 0.265. The Morgan fingerprint density at radius 1 is 0.717 bits per heavy atom. The van der Waals surface area contributed by atoms with Crippen LogP contribution in [0.3, 0.4) is 0 Å². The van der Waals surface area contributed by atoms with Gasteiger partial charge in [-0.3, -0.25) is 0 Å². The van der Waals surface area contributed by atoms with Crippen molar-refractivity contribution in [2.45, 2.75) is 19.3 Å². The van der Waals surface area contributed by atoms with Crippen molar-refractivity contribution in [3.63, 3.8) is 0 Å². The molecule has 3 atom stereocenters. The molecule has 3 unspecified atom stereocenters. The van der Waals surface area contributed by atoms with Crippen molar-refractivity contribution in [1.29, 1.82) is 0 Å². The van der Waals surface area contributed by atoms with Gasteiger partial charge in [0.2, 0.25) is 0 Å². The van der Waals surface area contributed by atoms with E-state index in [-0.39, 0.29) is 5.92 Å². The molecule has 4 aliphatic rings. The van der Waals surface area contributed by atoms with Gasteiger partial charge in [0.25, 0.3) is 0 Å². The van der Waals surface area contributed by atoms with Crippen molar-refractivity contribution < 1.29 is 0 Å². The Labute approximate surface area is 272 Å². The molecule has 3 aliphatic carbocycles. The Bertz CT molecular complexity index is 2010. The van der Waals surface area contributed by atoms with Crippen LogP contribution in [0.5, 0.6) is 0 Å². The van der Waals surface area contributed by atoms with Gasteiger partial charge in [0, 0.05) is 34.8 Å². The first-order valence-corrected chi connectivity index (χ1v) is 16.4. The number of hydrogen-bond donors (Lipinski definition) is 0. The summed E-state index contributed by atoms with van der Waals surface area (Å²) in [6.45, 7) is 2.13. The Morgan fingerprint density at radius 2 is 1.46 bits per heavy atom. The Kier molecular flexibility index (Phi) is 7.44. The molecular weight excluding hydrogens is 555 g/mol. The van der Waals surface area contributed by atoms with Gasteiger partial charge in [0.15, 0.2) is 0 Å². The molecule has 4 aromatic carbocycles. The second-order valence-corrected chi connectivity index (χ2v) is 12.4. The van der Waals surface area contributed by atoms with Crippen molar-refractivity contribution in [1.82, 2.24) is 0 Å². The number of fused-ring (bicyclic) bond motifs is 4. The normalized spacial score (nSPS) is 21.6. The molecule has 0 aromatic heterocycles. The van der Waals surface area contributed by atoms with Gasteiger partial charge in [-0.2, -0.15) is 0 Å². The molecule has 0 saturated heterocycles. The van der Waals surface area contributed by atoms with Crippen molar-refractivity contribution >= 4 is 17.5 Å². The topological polar surface area (TPSA) is 3.24 Å². The summed E-state index contributed by atoms with van der Waals surface area (Å²) in [5, 5.41) is 0. The van der Waals surface area contributed by atoms with Crippen LogP contribution >= 0.6 is 0 Å². The molecule has 0 N–H and O–H groups in total. The number of benzene rings is 4. The fourth-order valence-electron chi connectivity index (χ4n) is 7.57. The highest BCUT2D eigenvalue weighted by Crippen LogP contribution is 2.53. The maximum Gasteiger partial charge on any atom is 0.0497 e. The summed E-state index contributed by atoms with van der Waals surface area (Å²) in [5.74, 6) is 0.890. The van der Waals surface area contributed by atoms with Gasteiger partial charge in [-0.05, 0) is 82.2 Å². The van der Waals surface area contributed by atoms with E-state index >= 15 is 0 Å². The van der Waals surface area contributed by atoms with E-state index in [2.05, 4.69) is 188 Å². The van der Waals surface area contributed by atoms with Gasteiger partial charge in [-0.25, -0.2) is 0 Å². The summed E-state index contributed by atoms with van der Waals surface area (Å²) in [4.78, 5) is 2.45. The van der Waals surface area contributed by atoms with Crippen LogP contribution < -0.4 is 4.90 Å². The molecule has 1 heterocycles. The molecule has 0 radical (unpaired) electrons. The number of anilines is 2. The average Bonchev–Trinajstić information content (AvgIpc) is 3.46. The van der Waals surface area contributed by atoms with E-state index in [0.717, 1.165) is 6.42 Å². The molecule has 0 spiro atoms. The Balaban J connectivity index is 1.13. The van der Waals surface area contributed by atoms with E-state index in [1.807, 2.05) is 0 Å². The number of allylic oxidation sites excluding steroid dienone is 15. The van der Waals surface area contributed by atoms with Crippen LogP contribution in [0, 0.1) is 11.8 Å². The fourth-order valence-corrected chi connectivity index (χ4v) is 7.57. The predicted molar refractivity (Wildman–Crippen MR) is 195 cm³/mol. The van der Waals surface area contributed by atoms with E-state index in [4.69, 9.17) is 0 Å². The standard InChI is InChI=1S/C45H37N/c1-2-13-35-30-42(36-27-29-45-43(31-36)41-20-11-12-21-44(41)46(45)37-16-7-4-8-17-37)40-19-10-9-18-39(40)38(35)28-24-32-22-25-34(26-23-32)33-14-5-3-6-15-33/h2-30,38-39,43H,31H2,1H3/b13-2-,28-24-. The molecule has 0 saturated carbocycles. The monoisotopic (exact) mass is 591 g/mol. The third kappa shape index (κ3) is 5.08. The van der Waals surface area contributed by atoms with E-state index < -0.39 is 0 Å². The quantitative estimate of drug-likeness (QED) is 0.216. The summed E-state index contributed by atoms with van der Waals surface area (Å²) >= 11 is 0. The van der Waals surface area contributed by atoms with E-state index in [9.17, 15) is 0 Å². The highest BCUT2D eigenvalue weighted by Gasteiger charge is 2.38. The maximum absolute atomic E-state index is 2.46. The van der Waals surface area contributed by atoms with Crippen molar-refractivity contribution in [3.05, 3.63) is 209 Å². The van der Waals surface area contributed by atoms with Gasteiger partial charge in [0.1, 0.15) is 0 Å².